The summed E-state index contributed by atoms with van der Waals surface area (Å²) in [5.74, 6) is 0.869. The minimum absolute atomic E-state index is 0.508. The van der Waals surface area contributed by atoms with E-state index in [0.717, 1.165) is 5.92 Å². The molecule has 0 aliphatic rings. The van der Waals surface area contributed by atoms with E-state index >= 15 is 0 Å². The molecular weight excluding hydrogens is 132 g/mol. The molecule has 0 aliphatic heterocycles. The second-order valence-corrected chi connectivity index (χ2v) is 4.76. The van der Waals surface area contributed by atoms with Crippen LogP contribution in [-0.2, 0) is 0 Å². The first-order valence-electron chi connectivity index (χ1n) is 4.98. The standard InChI is InChI=1S/C11H24/c1-6-7-8-9-10(2)11(3,4)5/h10H,6-9H2,1-5H3. The lowest BCUT2D eigenvalue weighted by atomic mass is 9.79. The van der Waals surface area contributed by atoms with E-state index in [2.05, 4.69) is 34.6 Å². The molecule has 68 valence electrons. The van der Waals surface area contributed by atoms with E-state index < -0.39 is 0 Å². The Morgan fingerprint density at radius 1 is 1.09 bits per heavy atom. The van der Waals surface area contributed by atoms with Crippen LogP contribution in [0.25, 0.3) is 0 Å². The molecule has 0 saturated heterocycles. The Kier molecular flexibility index (Phi) is 4.79. The van der Waals surface area contributed by atoms with Crippen LogP contribution in [0.2, 0.25) is 0 Å². The molecule has 0 heteroatoms. The lowest BCUT2D eigenvalue weighted by Crippen LogP contribution is -2.16. The molecule has 0 spiro atoms. The molecule has 0 nitrogen and oxygen atoms in total. The topological polar surface area (TPSA) is 0 Å². The Balaban J connectivity index is 3.44. The quantitative estimate of drug-likeness (QED) is 0.534. The summed E-state index contributed by atoms with van der Waals surface area (Å²) in [4.78, 5) is 0. The summed E-state index contributed by atoms with van der Waals surface area (Å²) >= 11 is 0. The monoisotopic (exact) mass is 156 g/mol. The second-order valence-electron chi connectivity index (χ2n) is 4.76. The van der Waals surface area contributed by atoms with E-state index in [9.17, 15) is 0 Å². The first kappa shape index (κ1) is 11.0. The molecule has 0 N–H and O–H groups in total. The Bertz CT molecular complexity index is 86.7. The van der Waals surface area contributed by atoms with Crippen LogP contribution in [0.15, 0.2) is 0 Å². The molecule has 1 atom stereocenters. The molecule has 11 heavy (non-hydrogen) atoms. The van der Waals surface area contributed by atoms with Crippen LogP contribution in [0.1, 0.15) is 60.3 Å². The molecule has 1 unspecified atom stereocenters. The van der Waals surface area contributed by atoms with Gasteiger partial charge in [-0.25, -0.2) is 0 Å². The van der Waals surface area contributed by atoms with Gasteiger partial charge in [0.1, 0.15) is 0 Å². The minimum atomic E-state index is 0.508. The van der Waals surface area contributed by atoms with Crippen molar-refractivity contribution in [2.75, 3.05) is 0 Å². The summed E-state index contributed by atoms with van der Waals surface area (Å²) in [6.07, 6.45) is 5.56. The summed E-state index contributed by atoms with van der Waals surface area (Å²) < 4.78 is 0. The Morgan fingerprint density at radius 2 is 1.64 bits per heavy atom. The first-order valence-corrected chi connectivity index (χ1v) is 4.98. The van der Waals surface area contributed by atoms with E-state index in [-0.39, 0.29) is 0 Å². The summed E-state index contributed by atoms with van der Waals surface area (Å²) in [6, 6.07) is 0. The van der Waals surface area contributed by atoms with Crippen molar-refractivity contribution < 1.29 is 0 Å². The number of rotatable bonds is 4. The van der Waals surface area contributed by atoms with Gasteiger partial charge in [0.25, 0.3) is 0 Å². The van der Waals surface area contributed by atoms with E-state index in [4.69, 9.17) is 0 Å². The molecule has 0 aromatic heterocycles. The number of hydrogen-bond acceptors (Lipinski definition) is 0. The van der Waals surface area contributed by atoms with E-state index in [0.29, 0.717) is 5.41 Å². The van der Waals surface area contributed by atoms with Crippen molar-refractivity contribution in [3.05, 3.63) is 0 Å². The highest BCUT2D eigenvalue weighted by molar-refractivity contribution is 4.69. The number of hydrogen-bond donors (Lipinski definition) is 0. The normalized spacial score (nSPS) is 15.0. The fraction of sp³-hybridized carbons (Fsp3) is 1.00. The summed E-state index contributed by atoms with van der Waals surface area (Å²) in [5.41, 5.74) is 0.508. The second kappa shape index (κ2) is 4.79. The molecule has 0 fully saturated rings. The third-order valence-corrected chi connectivity index (χ3v) is 2.72. The number of unbranched alkanes of at least 4 members (excludes halogenated alkanes) is 2. The Morgan fingerprint density at radius 3 is 2.00 bits per heavy atom. The molecule has 0 aromatic rings. The van der Waals surface area contributed by atoms with E-state index in [1.165, 1.54) is 25.7 Å². The van der Waals surface area contributed by atoms with Crippen LogP contribution < -0.4 is 0 Å². The van der Waals surface area contributed by atoms with Crippen molar-refractivity contribution in [2.45, 2.75) is 60.3 Å². The van der Waals surface area contributed by atoms with Gasteiger partial charge in [-0.05, 0) is 11.3 Å². The molecular formula is C11H24. The molecule has 0 rings (SSSR count). The summed E-state index contributed by atoms with van der Waals surface area (Å²) in [7, 11) is 0. The average molecular weight is 156 g/mol. The maximum absolute atomic E-state index is 2.37. The fourth-order valence-corrected chi connectivity index (χ4v) is 1.13. The predicted octanol–water partition coefficient (Wildman–Crippen LogP) is 4.25. The third kappa shape index (κ3) is 5.29. The summed E-state index contributed by atoms with van der Waals surface area (Å²) in [6.45, 7) is 11.6. The van der Waals surface area contributed by atoms with Crippen LogP contribution in [0.4, 0.5) is 0 Å². The molecule has 0 aliphatic carbocycles. The maximum Gasteiger partial charge on any atom is -0.0357 e. The van der Waals surface area contributed by atoms with Gasteiger partial charge in [-0.3, -0.25) is 0 Å². The van der Waals surface area contributed by atoms with Gasteiger partial charge >= 0.3 is 0 Å². The molecule has 0 radical (unpaired) electrons. The smallest absolute Gasteiger partial charge is 0.0357 e. The lowest BCUT2D eigenvalue weighted by molar-refractivity contribution is 0.241. The zero-order valence-corrected chi connectivity index (χ0v) is 8.91. The Hall–Kier alpha value is 0. The van der Waals surface area contributed by atoms with Gasteiger partial charge in [0.15, 0.2) is 0 Å². The first-order chi connectivity index (χ1) is 4.98. The highest BCUT2D eigenvalue weighted by atomic mass is 14.2. The van der Waals surface area contributed by atoms with Crippen LogP contribution in [0.5, 0.6) is 0 Å². The van der Waals surface area contributed by atoms with Crippen LogP contribution in [0.3, 0.4) is 0 Å². The van der Waals surface area contributed by atoms with Gasteiger partial charge in [-0.1, -0.05) is 60.3 Å². The fourth-order valence-electron chi connectivity index (χ4n) is 1.13. The van der Waals surface area contributed by atoms with E-state index in [1.807, 2.05) is 0 Å². The van der Waals surface area contributed by atoms with Gasteiger partial charge in [0.05, 0.1) is 0 Å². The van der Waals surface area contributed by atoms with Crippen LogP contribution >= 0.6 is 0 Å². The average Bonchev–Trinajstić information content (AvgIpc) is 1.86. The van der Waals surface area contributed by atoms with E-state index in [1.54, 1.807) is 0 Å². The third-order valence-electron chi connectivity index (χ3n) is 2.72. The zero-order valence-electron chi connectivity index (χ0n) is 8.91. The molecule has 0 bridgehead atoms. The molecule has 0 aromatic carbocycles. The van der Waals surface area contributed by atoms with Gasteiger partial charge in [0.2, 0.25) is 0 Å². The van der Waals surface area contributed by atoms with Crippen molar-refractivity contribution in [1.82, 2.24) is 0 Å². The molecule has 0 amide bonds. The van der Waals surface area contributed by atoms with Gasteiger partial charge < -0.3 is 0 Å². The highest BCUT2D eigenvalue weighted by Crippen LogP contribution is 2.29. The SMILES string of the molecule is CCCCCC(C)C(C)(C)C. The predicted molar refractivity (Wildman–Crippen MR) is 52.8 cm³/mol. The summed E-state index contributed by atoms with van der Waals surface area (Å²) in [5, 5.41) is 0. The van der Waals surface area contributed by atoms with Crippen LogP contribution in [0, 0.1) is 11.3 Å². The van der Waals surface area contributed by atoms with Gasteiger partial charge in [-0.2, -0.15) is 0 Å². The molecule has 0 saturated carbocycles. The van der Waals surface area contributed by atoms with Crippen molar-refractivity contribution in [3.8, 4) is 0 Å². The van der Waals surface area contributed by atoms with Crippen molar-refractivity contribution in [1.29, 1.82) is 0 Å². The molecule has 0 heterocycles. The highest BCUT2D eigenvalue weighted by Gasteiger charge is 2.18. The van der Waals surface area contributed by atoms with Gasteiger partial charge in [0, 0.05) is 0 Å². The maximum atomic E-state index is 2.37. The van der Waals surface area contributed by atoms with Crippen molar-refractivity contribution >= 4 is 0 Å². The van der Waals surface area contributed by atoms with Gasteiger partial charge in [-0.15, -0.1) is 0 Å². The largest absolute Gasteiger partial charge is 0.0654 e. The van der Waals surface area contributed by atoms with Crippen molar-refractivity contribution in [3.63, 3.8) is 0 Å². The minimum Gasteiger partial charge on any atom is -0.0654 e. The Labute approximate surface area is 72.4 Å². The zero-order chi connectivity index (χ0) is 8.91. The van der Waals surface area contributed by atoms with Crippen molar-refractivity contribution in [2.24, 2.45) is 11.3 Å². The van der Waals surface area contributed by atoms with Crippen LogP contribution in [-0.4, -0.2) is 0 Å². The lowest BCUT2D eigenvalue weighted by Gasteiger charge is -2.27.